The summed E-state index contributed by atoms with van der Waals surface area (Å²) in [6, 6.07) is 0. The molecule has 1 atom stereocenters. The van der Waals surface area contributed by atoms with Crippen LogP contribution in [0.2, 0.25) is 0 Å². The van der Waals surface area contributed by atoms with Gasteiger partial charge in [-0.05, 0) is 44.2 Å². The number of likely N-dealkylation sites (tertiary alicyclic amines) is 1. The van der Waals surface area contributed by atoms with Crippen molar-refractivity contribution in [3.8, 4) is 0 Å². The van der Waals surface area contributed by atoms with Gasteiger partial charge in [0.15, 0.2) is 0 Å². The first-order valence-corrected chi connectivity index (χ1v) is 10.3. The van der Waals surface area contributed by atoms with Crippen LogP contribution in [0.3, 0.4) is 0 Å². The minimum Gasteiger partial charge on any atom is -0.303 e. The zero-order valence-corrected chi connectivity index (χ0v) is 15.4. The third kappa shape index (κ3) is 4.84. The average molecular weight is 327 g/mol. The summed E-state index contributed by atoms with van der Waals surface area (Å²) in [7, 11) is 4.35. The molecule has 3 rings (SSSR count). The molecule has 0 aromatic heterocycles. The fourth-order valence-corrected chi connectivity index (χ4v) is 5.17. The molecule has 0 aromatic rings. The van der Waals surface area contributed by atoms with Crippen LogP contribution in [0.5, 0.6) is 0 Å². The minimum atomic E-state index is 0.887. The van der Waals surface area contributed by atoms with E-state index in [0.717, 1.165) is 11.8 Å². The second kappa shape index (κ2) is 8.34. The van der Waals surface area contributed by atoms with Crippen LogP contribution in [-0.4, -0.2) is 97.8 Å². The smallest absolute Gasteiger partial charge is 0.0174 e. The standard InChI is InChI=1S/C17H34N4S/c1-18(2)21-8-5-17(15-21)14-19-6-3-16(4-7-19)13-20-9-11-22-12-10-20/h16-17H,3-15H2,1-2H3. The third-order valence-corrected chi connectivity index (χ3v) is 6.62. The van der Waals surface area contributed by atoms with Crippen LogP contribution in [0, 0.1) is 11.8 Å². The number of hydrogen-bond acceptors (Lipinski definition) is 5. The van der Waals surface area contributed by atoms with Crippen molar-refractivity contribution in [3.63, 3.8) is 0 Å². The topological polar surface area (TPSA) is 13.0 Å². The van der Waals surface area contributed by atoms with Gasteiger partial charge in [-0.1, -0.05) is 0 Å². The Morgan fingerprint density at radius 1 is 0.818 bits per heavy atom. The fourth-order valence-electron chi connectivity index (χ4n) is 4.19. The van der Waals surface area contributed by atoms with Crippen molar-refractivity contribution in [2.75, 3.05) is 78.0 Å². The van der Waals surface area contributed by atoms with Gasteiger partial charge >= 0.3 is 0 Å². The second-order valence-electron chi connectivity index (χ2n) is 7.57. The van der Waals surface area contributed by atoms with Crippen LogP contribution in [0.4, 0.5) is 0 Å². The van der Waals surface area contributed by atoms with Gasteiger partial charge in [0, 0.05) is 64.9 Å². The van der Waals surface area contributed by atoms with Crippen molar-refractivity contribution >= 4 is 11.8 Å². The summed E-state index contributed by atoms with van der Waals surface area (Å²) in [5, 5.41) is 4.76. The molecule has 0 radical (unpaired) electrons. The molecule has 0 N–H and O–H groups in total. The molecule has 3 aliphatic rings. The van der Waals surface area contributed by atoms with E-state index in [2.05, 4.69) is 45.7 Å². The SMILES string of the molecule is CN(C)N1CCC(CN2CCC(CN3CCSCC3)CC2)C1. The lowest BCUT2D eigenvalue weighted by molar-refractivity contribution is 0.0454. The highest BCUT2D eigenvalue weighted by Gasteiger charge is 2.28. The number of piperidine rings is 1. The van der Waals surface area contributed by atoms with Gasteiger partial charge in [-0.25, -0.2) is 10.0 Å². The quantitative estimate of drug-likeness (QED) is 0.758. The maximum Gasteiger partial charge on any atom is 0.0174 e. The van der Waals surface area contributed by atoms with E-state index >= 15 is 0 Å². The fraction of sp³-hybridized carbons (Fsp3) is 1.00. The molecule has 0 amide bonds. The molecular weight excluding hydrogens is 292 g/mol. The molecule has 3 saturated heterocycles. The Balaban J connectivity index is 1.33. The zero-order valence-electron chi connectivity index (χ0n) is 14.5. The predicted molar refractivity (Wildman–Crippen MR) is 96.3 cm³/mol. The van der Waals surface area contributed by atoms with E-state index in [1.165, 1.54) is 83.1 Å². The molecule has 0 spiro atoms. The zero-order chi connectivity index (χ0) is 15.4. The Hall–Kier alpha value is 0.190. The van der Waals surface area contributed by atoms with Crippen molar-refractivity contribution in [3.05, 3.63) is 0 Å². The molecule has 1 unspecified atom stereocenters. The first-order valence-electron chi connectivity index (χ1n) is 9.15. The molecule has 5 heteroatoms. The molecular formula is C17H34N4S. The summed E-state index contributed by atoms with van der Waals surface area (Å²) < 4.78 is 0. The first kappa shape index (κ1) is 17.0. The summed E-state index contributed by atoms with van der Waals surface area (Å²) in [5.74, 6) is 4.55. The summed E-state index contributed by atoms with van der Waals surface area (Å²) >= 11 is 2.12. The summed E-state index contributed by atoms with van der Waals surface area (Å²) in [5.41, 5.74) is 0. The van der Waals surface area contributed by atoms with Crippen molar-refractivity contribution in [1.29, 1.82) is 0 Å². The number of thioether (sulfide) groups is 1. The van der Waals surface area contributed by atoms with Crippen LogP contribution >= 0.6 is 11.8 Å². The number of hydrogen-bond donors (Lipinski definition) is 0. The molecule has 0 saturated carbocycles. The number of hydrazine groups is 1. The molecule has 3 aliphatic heterocycles. The highest BCUT2D eigenvalue weighted by molar-refractivity contribution is 7.99. The Labute approximate surface area is 141 Å². The molecule has 0 bridgehead atoms. The molecule has 0 aromatic carbocycles. The Bertz CT molecular complexity index is 325. The van der Waals surface area contributed by atoms with Gasteiger partial charge in [-0.3, -0.25) is 0 Å². The molecule has 128 valence electrons. The lowest BCUT2D eigenvalue weighted by Crippen LogP contribution is -2.43. The van der Waals surface area contributed by atoms with Gasteiger partial charge in [0.2, 0.25) is 0 Å². The predicted octanol–water partition coefficient (Wildman–Crippen LogP) is 1.55. The van der Waals surface area contributed by atoms with Crippen LogP contribution in [0.15, 0.2) is 0 Å². The highest BCUT2D eigenvalue weighted by Crippen LogP contribution is 2.23. The monoisotopic (exact) mass is 326 g/mol. The van der Waals surface area contributed by atoms with Gasteiger partial charge < -0.3 is 9.80 Å². The largest absolute Gasteiger partial charge is 0.303 e. The van der Waals surface area contributed by atoms with E-state index in [9.17, 15) is 0 Å². The number of rotatable bonds is 5. The van der Waals surface area contributed by atoms with Gasteiger partial charge in [0.05, 0.1) is 0 Å². The van der Waals surface area contributed by atoms with Gasteiger partial charge in [0.1, 0.15) is 0 Å². The van der Waals surface area contributed by atoms with Crippen molar-refractivity contribution in [2.45, 2.75) is 19.3 Å². The van der Waals surface area contributed by atoms with Crippen LogP contribution in [0.1, 0.15) is 19.3 Å². The lowest BCUT2D eigenvalue weighted by Gasteiger charge is -2.37. The Morgan fingerprint density at radius 2 is 1.41 bits per heavy atom. The van der Waals surface area contributed by atoms with Crippen molar-refractivity contribution in [1.82, 2.24) is 19.8 Å². The maximum atomic E-state index is 2.74. The molecule has 4 nitrogen and oxygen atoms in total. The van der Waals surface area contributed by atoms with Gasteiger partial charge in [-0.2, -0.15) is 11.8 Å². The molecule has 0 aliphatic carbocycles. The van der Waals surface area contributed by atoms with Crippen molar-refractivity contribution in [2.24, 2.45) is 11.8 Å². The lowest BCUT2D eigenvalue weighted by atomic mass is 9.95. The van der Waals surface area contributed by atoms with E-state index < -0.39 is 0 Å². The van der Waals surface area contributed by atoms with Crippen LogP contribution in [0.25, 0.3) is 0 Å². The Kier molecular flexibility index (Phi) is 6.45. The minimum absolute atomic E-state index is 0.887. The Morgan fingerprint density at radius 3 is 2.05 bits per heavy atom. The van der Waals surface area contributed by atoms with E-state index in [-0.39, 0.29) is 0 Å². The normalized spacial score (nSPS) is 30.4. The number of nitrogens with zero attached hydrogens (tertiary/aromatic N) is 4. The second-order valence-corrected chi connectivity index (χ2v) is 8.80. The van der Waals surface area contributed by atoms with E-state index in [1.54, 1.807) is 0 Å². The molecule has 3 heterocycles. The van der Waals surface area contributed by atoms with E-state index in [0.29, 0.717) is 0 Å². The third-order valence-electron chi connectivity index (χ3n) is 5.67. The molecule has 22 heavy (non-hydrogen) atoms. The summed E-state index contributed by atoms with van der Waals surface area (Å²) in [6.07, 6.45) is 4.23. The van der Waals surface area contributed by atoms with E-state index in [4.69, 9.17) is 0 Å². The van der Waals surface area contributed by atoms with Crippen LogP contribution < -0.4 is 0 Å². The van der Waals surface area contributed by atoms with Gasteiger partial charge in [-0.15, -0.1) is 0 Å². The van der Waals surface area contributed by atoms with Gasteiger partial charge in [0.25, 0.3) is 0 Å². The van der Waals surface area contributed by atoms with E-state index in [1.807, 2.05) is 0 Å². The molecule has 3 fully saturated rings. The maximum absolute atomic E-state index is 2.74. The average Bonchev–Trinajstić information content (AvgIpc) is 2.99. The van der Waals surface area contributed by atoms with Crippen molar-refractivity contribution < 1.29 is 0 Å². The summed E-state index contributed by atoms with van der Waals surface area (Å²) in [4.78, 5) is 5.45. The highest BCUT2D eigenvalue weighted by atomic mass is 32.2. The first-order chi connectivity index (χ1) is 10.7. The van der Waals surface area contributed by atoms with Crippen LogP contribution in [-0.2, 0) is 0 Å². The summed E-state index contributed by atoms with van der Waals surface area (Å²) in [6.45, 7) is 10.5.